The Morgan fingerprint density at radius 2 is 1.95 bits per heavy atom. The lowest BCUT2D eigenvalue weighted by molar-refractivity contribution is -0.281. The predicted octanol–water partition coefficient (Wildman–Crippen LogP) is 2.82. The van der Waals surface area contributed by atoms with E-state index >= 15 is 0 Å². The Morgan fingerprint density at radius 1 is 1.33 bits per heavy atom. The standard InChI is InChI=1S/C11H12F3O6P/c1-17-21(16,18-2)9(15)6-3-4-7-8(5-6)19-10(12)11(13,14)20-7/h3-5,9-10,15H,1-2H3. The number of ether oxygens (including phenoxy) is 2. The van der Waals surface area contributed by atoms with Gasteiger partial charge in [0.25, 0.3) is 0 Å². The lowest BCUT2D eigenvalue weighted by Gasteiger charge is -2.29. The third-order valence-corrected chi connectivity index (χ3v) is 4.73. The SMILES string of the molecule is COP(=O)(OC)C(O)c1ccc2c(c1)OC(F)C(F)(F)O2. The van der Waals surface area contributed by atoms with Gasteiger partial charge in [-0.05, 0) is 17.7 Å². The number of aliphatic hydroxyl groups is 1. The van der Waals surface area contributed by atoms with Crippen LogP contribution in [0.25, 0.3) is 0 Å². The van der Waals surface area contributed by atoms with E-state index < -0.39 is 31.7 Å². The van der Waals surface area contributed by atoms with Crippen LogP contribution >= 0.6 is 7.60 Å². The van der Waals surface area contributed by atoms with Gasteiger partial charge in [0.2, 0.25) is 0 Å². The number of hydrogen-bond acceptors (Lipinski definition) is 6. The Balaban J connectivity index is 2.35. The summed E-state index contributed by atoms with van der Waals surface area (Å²) in [5.41, 5.74) is -0.0261. The summed E-state index contributed by atoms with van der Waals surface area (Å²) in [7, 11) is -1.71. The van der Waals surface area contributed by atoms with Gasteiger partial charge in [0.1, 0.15) is 0 Å². The Hall–Kier alpha value is -1.28. The van der Waals surface area contributed by atoms with E-state index in [2.05, 4.69) is 18.5 Å². The number of fused-ring (bicyclic) bond motifs is 1. The van der Waals surface area contributed by atoms with Crippen LogP contribution in [0.2, 0.25) is 0 Å². The summed E-state index contributed by atoms with van der Waals surface area (Å²) in [4.78, 5) is 0. The van der Waals surface area contributed by atoms with Gasteiger partial charge in [-0.2, -0.15) is 13.2 Å². The topological polar surface area (TPSA) is 74.2 Å². The minimum atomic E-state index is -4.11. The van der Waals surface area contributed by atoms with Crippen molar-refractivity contribution in [3.05, 3.63) is 23.8 Å². The quantitative estimate of drug-likeness (QED) is 0.857. The third-order valence-electron chi connectivity index (χ3n) is 2.82. The maximum Gasteiger partial charge on any atom is 0.468 e. The molecular formula is C11H12F3O6P. The first-order valence-electron chi connectivity index (χ1n) is 5.64. The molecule has 118 valence electrons. The van der Waals surface area contributed by atoms with Crippen LogP contribution in [0.3, 0.4) is 0 Å². The van der Waals surface area contributed by atoms with Crippen LogP contribution in [-0.2, 0) is 13.6 Å². The second-order valence-corrected chi connectivity index (χ2v) is 6.38. The van der Waals surface area contributed by atoms with Crippen LogP contribution in [0.5, 0.6) is 11.5 Å². The van der Waals surface area contributed by atoms with Crippen molar-refractivity contribution in [1.29, 1.82) is 0 Å². The van der Waals surface area contributed by atoms with E-state index in [9.17, 15) is 22.8 Å². The summed E-state index contributed by atoms with van der Waals surface area (Å²) >= 11 is 0. The van der Waals surface area contributed by atoms with Crippen LogP contribution in [0.15, 0.2) is 18.2 Å². The Labute approximate surface area is 117 Å². The van der Waals surface area contributed by atoms with Gasteiger partial charge >= 0.3 is 20.1 Å². The lowest BCUT2D eigenvalue weighted by atomic mass is 10.2. The van der Waals surface area contributed by atoms with Crippen LogP contribution in [0.1, 0.15) is 11.4 Å². The summed E-state index contributed by atoms with van der Waals surface area (Å²) in [6.45, 7) is 0. The van der Waals surface area contributed by atoms with Crippen molar-refractivity contribution in [3.8, 4) is 11.5 Å². The summed E-state index contributed by atoms with van der Waals surface area (Å²) in [5, 5.41) is 9.96. The summed E-state index contributed by atoms with van der Waals surface area (Å²) < 4.78 is 68.8. The first-order chi connectivity index (χ1) is 9.73. The Morgan fingerprint density at radius 3 is 2.52 bits per heavy atom. The van der Waals surface area contributed by atoms with Crippen molar-refractivity contribution in [3.63, 3.8) is 0 Å². The van der Waals surface area contributed by atoms with Gasteiger partial charge in [-0.1, -0.05) is 6.07 Å². The lowest BCUT2D eigenvalue weighted by Crippen LogP contribution is -2.43. The highest BCUT2D eigenvalue weighted by Crippen LogP contribution is 2.59. The smallest absolute Gasteiger partial charge is 0.447 e. The molecule has 1 aromatic carbocycles. The first kappa shape index (κ1) is 16.1. The van der Waals surface area contributed by atoms with Crippen LogP contribution in [0.4, 0.5) is 13.2 Å². The average molecular weight is 328 g/mol. The van der Waals surface area contributed by atoms with E-state index in [1.54, 1.807) is 0 Å². The molecule has 0 saturated heterocycles. The summed E-state index contributed by atoms with van der Waals surface area (Å²) in [6, 6.07) is 3.21. The molecule has 1 aliphatic rings. The number of halogens is 3. The highest BCUT2D eigenvalue weighted by atomic mass is 31.2. The maximum absolute atomic E-state index is 13.1. The van der Waals surface area contributed by atoms with Gasteiger partial charge in [-0.3, -0.25) is 4.57 Å². The number of hydrogen-bond donors (Lipinski definition) is 1. The molecule has 10 heteroatoms. The molecule has 0 bridgehead atoms. The molecule has 6 nitrogen and oxygen atoms in total. The first-order valence-corrected chi connectivity index (χ1v) is 7.25. The minimum Gasteiger partial charge on any atom is -0.447 e. The zero-order chi connectivity index (χ0) is 15.8. The van der Waals surface area contributed by atoms with Gasteiger partial charge in [0.05, 0.1) is 0 Å². The van der Waals surface area contributed by atoms with Crippen molar-refractivity contribution in [2.24, 2.45) is 0 Å². The van der Waals surface area contributed by atoms with Crippen LogP contribution in [-0.4, -0.2) is 31.8 Å². The van der Waals surface area contributed by atoms with Crippen molar-refractivity contribution in [2.75, 3.05) is 14.2 Å². The Bertz CT molecular complexity index is 573. The van der Waals surface area contributed by atoms with Crippen LogP contribution in [0, 0.1) is 0 Å². The highest BCUT2D eigenvalue weighted by Gasteiger charge is 2.49. The van der Waals surface area contributed by atoms with E-state index in [4.69, 9.17) is 0 Å². The molecule has 0 radical (unpaired) electrons. The molecule has 0 spiro atoms. The zero-order valence-corrected chi connectivity index (χ0v) is 11.9. The molecule has 1 heterocycles. The van der Waals surface area contributed by atoms with E-state index in [1.807, 2.05) is 0 Å². The van der Waals surface area contributed by atoms with Crippen molar-refractivity contribution < 1.29 is 41.4 Å². The number of alkyl halides is 3. The third kappa shape index (κ3) is 2.87. The fraction of sp³-hybridized carbons (Fsp3) is 0.455. The molecule has 0 aliphatic carbocycles. The molecule has 0 amide bonds. The fourth-order valence-corrected chi connectivity index (χ4v) is 2.77. The van der Waals surface area contributed by atoms with Gasteiger partial charge < -0.3 is 23.6 Å². The second-order valence-electron chi connectivity index (χ2n) is 4.08. The molecule has 1 aromatic rings. The highest BCUT2D eigenvalue weighted by molar-refractivity contribution is 7.53. The number of aliphatic hydroxyl groups excluding tert-OH is 1. The minimum absolute atomic E-state index is 0.0261. The number of rotatable bonds is 4. The largest absolute Gasteiger partial charge is 0.468 e. The molecule has 2 unspecified atom stereocenters. The predicted molar refractivity (Wildman–Crippen MR) is 64.1 cm³/mol. The Kier molecular flexibility index (Phi) is 4.21. The van der Waals surface area contributed by atoms with Crippen molar-refractivity contribution in [1.82, 2.24) is 0 Å². The molecule has 1 N–H and O–H groups in total. The fourth-order valence-electron chi connectivity index (χ4n) is 1.69. The van der Waals surface area contributed by atoms with Crippen molar-refractivity contribution >= 4 is 7.60 Å². The van der Waals surface area contributed by atoms with Crippen molar-refractivity contribution in [2.45, 2.75) is 18.3 Å². The molecule has 0 fully saturated rings. The number of benzene rings is 1. The molecule has 2 rings (SSSR count). The molecule has 0 aromatic heterocycles. The monoisotopic (exact) mass is 328 g/mol. The van der Waals surface area contributed by atoms with E-state index in [0.29, 0.717) is 0 Å². The van der Waals surface area contributed by atoms with E-state index in [0.717, 1.165) is 32.4 Å². The molecule has 21 heavy (non-hydrogen) atoms. The second kappa shape index (κ2) is 5.49. The molecule has 0 saturated carbocycles. The van der Waals surface area contributed by atoms with Gasteiger partial charge in [-0.15, -0.1) is 0 Å². The molecule has 1 aliphatic heterocycles. The van der Waals surface area contributed by atoms with E-state index in [1.165, 1.54) is 0 Å². The summed E-state index contributed by atoms with van der Waals surface area (Å²) in [5.74, 6) is -2.46. The molecule has 2 atom stereocenters. The molecular weight excluding hydrogens is 316 g/mol. The van der Waals surface area contributed by atoms with Gasteiger partial charge in [-0.25, -0.2) is 0 Å². The van der Waals surface area contributed by atoms with E-state index in [-0.39, 0.29) is 11.3 Å². The zero-order valence-electron chi connectivity index (χ0n) is 11.0. The normalized spacial score (nSPS) is 21.9. The average Bonchev–Trinajstić information content (AvgIpc) is 2.46. The summed E-state index contributed by atoms with van der Waals surface area (Å²) in [6.07, 6.45) is -7.10. The van der Waals surface area contributed by atoms with Crippen LogP contribution < -0.4 is 9.47 Å². The maximum atomic E-state index is 13.1. The van der Waals surface area contributed by atoms with Gasteiger partial charge in [0, 0.05) is 14.2 Å². The van der Waals surface area contributed by atoms with Gasteiger partial charge in [0.15, 0.2) is 17.3 Å².